The molecule has 1 aromatic rings. The molecule has 1 saturated heterocycles. The van der Waals surface area contributed by atoms with Crippen molar-refractivity contribution in [3.8, 4) is 0 Å². The van der Waals surface area contributed by atoms with E-state index in [4.69, 9.17) is 4.42 Å². The number of piperazine rings is 1. The van der Waals surface area contributed by atoms with E-state index in [2.05, 4.69) is 35.6 Å². The molecule has 0 bridgehead atoms. The van der Waals surface area contributed by atoms with Gasteiger partial charge in [0, 0.05) is 38.1 Å². The first-order valence-corrected chi connectivity index (χ1v) is 8.08. The quantitative estimate of drug-likeness (QED) is 0.871. The van der Waals surface area contributed by atoms with Crippen LogP contribution in [0.3, 0.4) is 0 Å². The number of rotatable bonds is 6. The Labute approximate surface area is 127 Å². The van der Waals surface area contributed by atoms with Crippen molar-refractivity contribution in [3.63, 3.8) is 0 Å². The molecular formula is C16H29N3O2. The van der Waals surface area contributed by atoms with Crippen LogP contribution in [0, 0.1) is 0 Å². The maximum absolute atomic E-state index is 9.59. The van der Waals surface area contributed by atoms with Crippen LogP contribution in [0.1, 0.15) is 51.7 Å². The van der Waals surface area contributed by atoms with Gasteiger partial charge >= 0.3 is 0 Å². The smallest absolute Gasteiger partial charge is 0.208 e. The van der Waals surface area contributed by atoms with Gasteiger partial charge in [0.1, 0.15) is 5.76 Å². The number of aliphatic hydroxyl groups excluding tert-OH is 1. The van der Waals surface area contributed by atoms with Gasteiger partial charge in [-0.05, 0) is 13.3 Å². The molecule has 5 nitrogen and oxygen atoms in total. The lowest BCUT2D eigenvalue weighted by molar-refractivity contribution is 0.0307. The molecule has 1 aliphatic rings. The Hall–Kier alpha value is -0.910. The lowest BCUT2D eigenvalue weighted by Crippen LogP contribution is -2.54. The van der Waals surface area contributed by atoms with E-state index in [0.717, 1.165) is 50.8 Å². The predicted molar refractivity (Wildman–Crippen MR) is 83.2 cm³/mol. The Morgan fingerprint density at radius 1 is 1.38 bits per heavy atom. The number of hydrogen-bond acceptors (Lipinski definition) is 5. The van der Waals surface area contributed by atoms with Gasteiger partial charge in [0.2, 0.25) is 5.89 Å². The van der Waals surface area contributed by atoms with Crippen LogP contribution < -0.4 is 0 Å². The summed E-state index contributed by atoms with van der Waals surface area (Å²) in [6, 6.07) is 0.507. The van der Waals surface area contributed by atoms with Gasteiger partial charge in [-0.2, -0.15) is 0 Å². The third-order valence-electron chi connectivity index (χ3n) is 4.16. The van der Waals surface area contributed by atoms with Crippen LogP contribution in [0.25, 0.3) is 0 Å². The van der Waals surface area contributed by atoms with Crippen molar-refractivity contribution < 1.29 is 9.52 Å². The number of aliphatic hydroxyl groups is 1. The predicted octanol–water partition coefficient (Wildman–Crippen LogP) is 2.08. The normalized spacial score (nSPS) is 22.9. The molecular weight excluding hydrogens is 266 g/mol. The SMILES string of the molecule is CCC1CN(Cc2ncc(C(C)C)o2)CCN1CC(C)O. The summed E-state index contributed by atoms with van der Waals surface area (Å²) in [6.45, 7) is 12.9. The van der Waals surface area contributed by atoms with Crippen molar-refractivity contribution in [2.24, 2.45) is 0 Å². The standard InChI is InChI=1S/C16H29N3O2/c1-5-14-10-18(6-7-19(14)9-13(4)20)11-16-17-8-15(21-16)12(2)3/h8,12-14,20H,5-7,9-11H2,1-4H3. The maximum Gasteiger partial charge on any atom is 0.208 e. The topological polar surface area (TPSA) is 52.7 Å². The maximum atomic E-state index is 9.59. The highest BCUT2D eigenvalue weighted by molar-refractivity contribution is 4.99. The van der Waals surface area contributed by atoms with E-state index in [1.165, 1.54) is 0 Å². The van der Waals surface area contributed by atoms with Crippen molar-refractivity contribution >= 4 is 0 Å². The zero-order valence-electron chi connectivity index (χ0n) is 13.7. The molecule has 0 saturated carbocycles. The van der Waals surface area contributed by atoms with Crippen molar-refractivity contribution in [1.82, 2.24) is 14.8 Å². The summed E-state index contributed by atoms with van der Waals surface area (Å²) in [4.78, 5) is 9.19. The summed E-state index contributed by atoms with van der Waals surface area (Å²) in [5, 5.41) is 9.59. The van der Waals surface area contributed by atoms with Gasteiger partial charge in [-0.25, -0.2) is 4.98 Å². The van der Waals surface area contributed by atoms with Crippen LogP contribution in [0.5, 0.6) is 0 Å². The number of β-amino-alcohol motifs (C(OH)–C–C–N with tert-alkyl or cyclic N) is 1. The summed E-state index contributed by atoms with van der Waals surface area (Å²) >= 11 is 0. The Morgan fingerprint density at radius 3 is 2.71 bits per heavy atom. The van der Waals surface area contributed by atoms with Crippen molar-refractivity contribution in [1.29, 1.82) is 0 Å². The fourth-order valence-corrected chi connectivity index (χ4v) is 2.92. The van der Waals surface area contributed by atoms with E-state index in [-0.39, 0.29) is 6.10 Å². The van der Waals surface area contributed by atoms with E-state index in [1.54, 1.807) is 0 Å². The largest absolute Gasteiger partial charge is 0.444 e. The molecule has 0 aromatic carbocycles. The highest BCUT2D eigenvalue weighted by Gasteiger charge is 2.27. The molecule has 1 N–H and O–H groups in total. The molecule has 120 valence electrons. The van der Waals surface area contributed by atoms with E-state index in [1.807, 2.05) is 13.1 Å². The van der Waals surface area contributed by atoms with Crippen LogP contribution in [-0.2, 0) is 6.54 Å². The number of oxazole rings is 1. The summed E-state index contributed by atoms with van der Waals surface area (Å²) in [5.74, 6) is 2.17. The minimum absolute atomic E-state index is 0.258. The minimum atomic E-state index is -0.258. The molecule has 5 heteroatoms. The molecule has 2 rings (SSSR count). The Kier molecular flexibility index (Phi) is 5.79. The Balaban J connectivity index is 1.90. The van der Waals surface area contributed by atoms with Crippen LogP contribution in [0.15, 0.2) is 10.6 Å². The van der Waals surface area contributed by atoms with Crippen molar-refractivity contribution in [3.05, 3.63) is 17.8 Å². The van der Waals surface area contributed by atoms with Crippen LogP contribution >= 0.6 is 0 Å². The monoisotopic (exact) mass is 295 g/mol. The van der Waals surface area contributed by atoms with Gasteiger partial charge in [0.15, 0.2) is 0 Å². The average molecular weight is 295 g/mol. The molecule has 2 heterocycles. The molecule has 1 fully saturated rings. The fraction of sp³-hybridized carbons (Fsp3) is 0.812. The summed E-state index contributed by atoms with van der Waals surface area (Å²) in [7, 11) is 0. The minimum Gasteiger partial charge on any atom is -0.444 e. The van der Waals surface area contributed by atoms with E-state index in [9.17, 15) is 5.11 Å². The third kappa shape index (κ3) is 4.53. The van der Waals surface area contributed by atoms with Crippen molar-refractivity contribution in [2.75, 3.05) is 26.2 Å². The lowest BCUT2D eigenvalue weighted by Gasteiger charge is -2.41. The molecule has 1 aliphatic heterocycles. The highest BCUT2D eigenvalue weighted by atomic mass is 16.4. The van der Waals surface area contributed by atoms with Crippen molar-refractivity contribution in [2.45, 2.75) is 58.7 Å². The Morgan fingerprint density at radius 2 is 2.14 bits per heavy atom. The molecule has 0 amide bonds. The first kappa shape index (κ1) is 16.5. The number of hydrogen-bond donors (Lipinski definition) is 1. The second-order valence-corrected chi connectivity index (χ2v) is 6.45. The molecule has 2 unspecified atom stereocenters. The van der Waals surface area contributed by atoms with Crippen LogP contribution in [0.2, 0.25) is 0 Å². The molecule has 0 aliphatic carbocycles. The van der Waals surface area contributed by atoms with Gasteiger partial charge in [0.25, 0.3) is 0 Å². The second kappa shape index (κ2) is 7.38. The first-order valence-electron chi connectivity index (χ1n) is 8.08. The zero-order chi connectivity index (χ0) is 15.4. The van der Waals surface area contributed by atoms with Gasteiger partial charge in [-0.15, -0.1) is 0 Å². The molecule has 21 heavy (non-hydrogen) atoms. The molecule has 0 spiro atoms. The molecule has 0 radical (unpaired) electrons. The molecule has 1 aromatic heterocycles. The van der Waals surface area contributed by atoms with Gasteiger partial charge in [0.05, 0.1) is 18.8 Å². The third-order valence-corrected chi connectivity index (χ3v) is 4.16. The van der Waals surface area contributed by atoms with Gasteiger partial charge in [-0.1, -0.05) is 20.8 Å². The van der Waals surface area contributed by atoms with Gasteiger partial charge in [-0.3, -0.25) is 9.80 Å². The summed E-state index contributed by atoms with van der Waals surface area (Å²) in [5.41, 5.74) is 0. The van der Waals surface area contributed by atoms with E-state index in [0.29, 0.717) is 12.0 Å². The van der Waals surface area contributed by atoms with Crippen LogP contribution in [-0.4, -0.2) is 58.2 Å². The highest BCUT2D eigenvalue weighted by Crippen LogP contribution is 2.19. The summed E-state index contributed by atoms with van der Waals surface area (Å²) in [6.07, 6.45) is 2.69. The second-order valence-electron chi connectivity index (χ2n) is 6.45. The average Bonchev–Trinajstić information content (AvgIpc) is 2.88. The lowest BCUT2D eigenvalue weighted by atomic mass is 10.1. The van der Waals surface area contributed by atoms with Crippen LogP contribution in [0.4, 0.5) is 0 Å². The fourth-order valence-electron chi connectivity index (χ4n) is 2.92. The van der Waals surface area contributed by atoms with E-state index < -0.39 is 0 Å². The first-order chi connectivity index (χ1) is 9.99. The number of nitrogens with zero attached hydrogens (tertiary/aromatic N) is 3. The Bertz CT molecular complexity index is 431. The molecule has 2 atom stereocenters. The zero-order valence-corrected chi connectivity index (χ0v) is 13.7. The summed E-state index contributed by atoms with van der Waals surface area (Å²) < 4.78 is 5.80. The number of aromatic nitrogens is 1. The van der Waals surface area contributed by atoms with E-state index >= 15 is 0 Å². The van der Waals surface area contributed by atoms with Gasteiger partial charge < -0.3 is 9.52 Å².